The lowest BCUT2D eigenvalue weighted by Gasteiger charge is -2.28. The minimum Gasteiger partial charge on any atom is -0.508 e. The fourth-order valence-electron chi connectivity index (χ4n) is 3.79. The Kier molecular flexibility index (Phi) is 5.15. The summed E-state index contributed by atoms with van der Waals surface area (Å²) in [6, 6.07) is 18.8. The van der Waals surface area contributed by atoms with Gasteiger partial charge in [-0.1, -0.05) is 18.2 Å². The molecule has 0 spiro atoms. The summed E-state index contributed by atoms with van der Waals surface area (Å²) < 4.78 is 0. The largest absolute Gasteiger partial charge is 0.508 e. The number of rotatable bonds is 5. The molecule has 3 N–H and O–H groups in total. The van der Waals surface area contributed by atoms with Gasteiger partial charge < -0.3 is 15.5 Å². The number of nitrogens with one attached hydrogen (secondary N) is 1. The Hall–Kier alpha value is -3.80. The summed E-state index contributed by atoms with van der Waals surface area (Å²) in [4.78, 5) is 19.7. The first-order valence-corrected chi connectivity index (χ1v) is 10.1. The average Bonchev–Trinajstić information content (AvgIpc) is 3.04. The lowest BCUT2D eigenvalue weighted by Crippen LogP contribution is -2.41. The van der Waals surface area contributed by atoms with E-state index < -0.39 is 11.6 Å². The van der Waals surface area contributed by atoms with Crippen molar-refractivity contribution in [2.24, 2.45) is 0 Å². The molecule has 1 amide bonds. The van der Waals surface area contributed by atoms with Crippen LogP contribution in [-0.4, -0.2) is 21.1 Å². The van der Waals surface area contributed by atoms with Crippen molar-refractivity contribution in [3.8, 4) is 11.5 Å². The van der Waals surface area contributed by atoms with Crippen LogP contribution in [0.1, 0.15) is 36.8 Å². The van der Waals surface area contributed by atoms with Crippen LogP contribution in [0, 0.1) is 6.92 Å². The lowest BCUT2D eigenvalue weighted by atomic mass is 9.98. The highest BCUT2D eigenvalue weighted by Gasteiger charge is 2.37. The number of nitrogens with zero attached hydrogens (tertiary/aromatic N) is 2. The molecule has 31 heavy (non-hydrogen) atoms. The number of carbonyl (C=O) groups excluding carboxylic acids is 1. The van der Waals surface area contributed by atoms with Crippen LogP contribution in [-0.2, 0) is 10.3 Å². The van der Waals surface area contributed by atoms with Gasteiger partial charge in [0.25, 0.3) is 5.91 Å². The number of pyridine rings is 1. The van der Waals surface area contributed by atoms with Crippen molar-refractivity contribution >= 4 is 11.6 Å². The molecule has 6 heteroatoms. The summed E-state index contributed by atoms with van der Waals surface area (Å²) in [5.74, 6) is 0.0664. The van der Waals surface area contributed by atoms with E-state index in [1.165, 1.54) is 0 Å². The van der Waals surface area contributed by atoms with Gasteiger partial charge in [-0.15, -0.1) is 0 Å². The first-order valence-electron chi connectivity index (χ1n) is 10.1. The molecule has 0 radical (unpaired) electrons. The average molecular weight is 415 g/mol. The maximum absolute atomic E-state index is 13.5. The Bertz CT molecular complexity index is 1150. The number of phenolic OH excluding ortho intramolecular Hbond substituents is 2. The van der Waals surface area contributed by atoms with Crippen LogP contribution >= 0.6 is 0 Å². The molecule has 1 aromatic heterocycles. The van der Waals surface area contributed by atoms with Gasteiger partial charge in [0.05, 0.1) is 23.0 Å². The van der Waals surface area contributed by atoms with Crippen LogP contribution in [0.15, 0.2) is 78.5 Å². The minimum absolute atomic E-state index is 0.127. The van der Waals surface area contributed by atoms with Gasteiger partial charge in [-0.2, -0.15) is 0 Å². The molecule has 4 rings (SSSR count). The Morgan fingerprint density at radius 1 is 0.968 bits per heavy atom. The van der Waals surface area contributed by atoms with Gasteiger partial charge in [0.15, 0.2) is 0 Å². The molecule has 1 atom stereocenters. The third kappa shape index (κ3) is 4.10. The molecule has 3 aromatic rings. The van der Waals surface area contributed by atoms with E-state index in [1.807, 2.05) is 51.1 Å². The summed E-state index contributed by atoms with van der Waals surface area (Å²) >= 11 is 0. The molecule has 0 fully saturated rings. The van der Waals surface area contributed by atoms with Crippen molar-refractivity contribution < 1.29 is 15.0 Å². The van der Waals surface area contributed by atoms with E-state index in [9.17, 15) is 15.0 Å². The van der Waals surface area contributed by atoms with Crippen LogP contribution in [0.3, 0.4) is 0 Å². The lowest BCUT2D eigenvalue weighted by molar-refractivity contribution is -0.115. The molecule has 6 nitrogen and oxygen atoms in total. The van der Waals surface area contributed by atoms with Crippen molar-refractivity contribution in [2.75, 3.05) is 4.90 Å². The number of hydrogen-bond donors (Lipinski definition) is 3. The van der Waals surface area contributed by atoms with Gasteiger partial charge in [-0.25, -0.2) is 0 Å². The van der Waals surface area contributed by atoms with Crippen LogP contribution in [0.5, 0.6) is 11.5 Å². The number of carbonyl (C=O) groups is 1. The SMILES string of the molecule is Cc1cccc(C(C)(C)NC2=CC(c3cccc(O)c3)N(c3ccc(O)cc3)C2=O)n1. The summed E-state index contributed by atoms with van der Waals surface area (Å²) in [7, 11) is 0. The molecule has 0 saturated carbocycles. The number of aryl methyl sites for hydroxylation is 1. The van der Waals surface area contributed by atoms with Gasteiger partial charge in [-0.3, -0.25) is 14.7 Å². The molecule has 0 aliphatic carbocycles. The summed E-state index contributed by atoms with van der Waals surface area (Å²) in [5.41, 5.74) is 3.04. The summed E-state index contributed by atoms with van der Waals surface area (Å²) in [5, 5.41) is 23.0. The normalized spacial score (nSPS) is 16.4. The number of amides is 1. The van der Waals surface area contributed by atoms with E-state index in [0.29, 0.717) is 11.4 Å². The fourth-order valence-corrected chi connectivity index (χ4v) is 3.79. The predicted molar refractivity (Wildman–Crippen MR) is 120 cm³/mol. The van der Waals surface area contributed by atoms with Crippen molar-refractivity contribution in [2.45, 2.75) is 32.4 Å². The molecule has 1 aliphatic heterocycles. The zero-order chi connectivity index (χ0) is 22.2. The van der Waals surface area contributed by atoms with E-state index in [4.69, 9.17) is 0 Å². The van der Waals surface area contributed by atoms with Gasteiger partial charge in [0, 0.05) is 11.4 Å². The van der Waals surface area contributed by atoms with Crippen molar-refractivity contribution in [1.82, 2.24) is 10.3 Å². The van der Waals surface area contributed by atoms with Crippen LogP contribution in [0.2, 0.25) is 0 Å². The number of aromatic nitrogens is 1. The summed E-state index contributed by atoms with van der Waals surface area (Å²) in [6.45, 7) is 5.90. The van der Waals surface area contributed by atoms with Crippen molar-refractivity contribution in [3.63, 3.8) is 0 Å². The number of benzene rings is 2. The minimum atomic E-state index is -0.581. The van der Waals surface area contributed by atoms with Gasteiger partial charge in [-0.05, 0) is 80.9 Å². The van der Waals surface area contributed by atoms with Crippen molar-refractivity contribution in [1.29, 1.82) is 0 Å². The van der Waals surface area contributed by atoms with E-state index in [1.54, 1.807) is 47.4 Å². The highest BCUT2D eigenvalue weighted by atomic mass is 16.3. The van der Waals surface area contributed by atoms with E-state index in [-0.39, 0.29) is 17.4 Å². The van der Waals surface area contributed by atoms with Crippen LogP contribution in [0.4, 0.5) is 5.69 Å². The fraction of sp³-hybridized carbons (Fsp3) is 0.200. The number of phenols is 2. The highest BCUT2D eigenvalue weighted by Crippen LogP contribution is 2.37. The van der Waals surface area contributed by atoms with E-state index >= 15 is 0 Å². The highest BCUT2D eigenvalue weighted by molar-refractivity contribution is 6.09. The number of hydrogen-bond acceptors (Lipinski definition) is 5. The summed E-state index contributed by atoms with van der Waals surface area (Å²) in [6.07, 6.45) is 1.86. The third-order valence-electron chi connectivity index (χ3n) is 5.37. The third-order valence-corrected chi connectivity index (χ3v) is 5.37. The van der Waals surface area contributed by atoms with Crippen LogP contribution in [0.25, 0.3) is 0 Å². The van der Waals surface area contributed by atoms with Gasteiger partial charge in [0.1, 0.15) is 11.5 Å². The molecular weight excluding hydrogens is 390 g/mol. The Balaban J connectivity index is 1.73. The Labute approximate surface area is 181 Å². The standard InChI is InChI=1S/C25H25N3O3/c1-16-6-4-9-23(26-16)25(2,3)27-21-15-22(17-7-5-8-20(30)14-17)28(24(21)31)18-10-12-19(29)13-11-18/h4-15,22,27,29-30H,1-3H3. The smallest absolute Gasteiger partial charge is 0.274 e. The molecule has 2 heterocycles. The number of anilines is 1. The molecule has 0 bridgehead atoms. The first-order chi connectivity index (χ1) is 14.7. The topological polar surface area (TPSA) is 85.7 Å². The number of aromatic hydroxyl groups is 2. The molecule has 1 aliphatic rings. The maximum atomic E-state index is 13.5. The van der Waals surface area contributed by atoms with E-state index in [2.05, 4.69) is 10.3 Å². The predicted octanol–water partition coefficient (Wildman–Crippen LogP) is 4.30. The van der Waals surface area contributed by atoms with Gasteiger partial charge >= 0.3 is 0 Å². The monoisotopic (exact) mass is 415 g/mol. The zero-order valence-electron chi connectivity index (χ0n) is 17.7. The molecule has 2 aromatic carbocycles. The molecule has 158 valence electrons. The molecule has 1 unspecified atom stereocenters. The zero-order valence-corrected chi connectivity index (χ0v) is 17.7. The second-order valence-electron chi connectivity index (χ2n) is 8.23. The maximum Gasteiger partial charge on any atom is 0.274 e. The van der Waals surface area contributed by atoms with Crippen molar-refractivity contribution in [3.05, 3.63) is 95.5 Å². The second-order valence-corrected chi connectivity index (χ2v) is 8.23. The van der Waals surface area contributed by atoms with E-state index in [0.717, 1.165) is 17.0 Å². The molecular formula is C25H25N3O3. The first kappa shape index (κ1) is 20.5. The molecule has 0 saturated heterocycles. The quantitative estimate of drug-likeness (QED) is 0.579. The Morgan fingerprint density at radius 3 is 2.35 bits per heavy atom. The Morgan fingerprint density at radius 2 is 1.68 bits per heavy atom. The second kappa shape index (κ2) is 7.80. The van der Waals surface area contributed by atoms with Crippen LogP contribution < -0.4 is 10.2 Å². The van der Waals surface area contributed by atoms with Gasteiger partial charge in [0.2, 0.25) is 0 Å².